The lowest BCUT2D eigenvalue weighted by Gasteiger charge is -2.36. The number of methoxy groups -OCH3 is 1. The molecule has 1 aliphatic rings. The maximum atomic E-state index is 13.5. The lowest BCUT2D eigenvalue weighted by atomic mass is 10.2. The summed E-state index contributed by atoms with van der Waals surface area (Å²) in [5, 5.41) is 0. The average molecular weight is 366 g/mol. The van der Waals surface area contributed by atoms with Gasteiger partial charge in [-0.3, -0.25) is 0 Å². The summed E-state index contributed by atoms with van der Waals surface area (Å²) in [6.07, 6.45) is -0.320. The molecule has 1 fully saturated rings. The van der Waals surface area contributed by atoms with Gasteiger partial charge in [0.05, 0.1) is 13.7 Å². The predicted molar refractivity (Wildman–Crippen MR) is 97.7 cm³/mol. The smallest absolute Gasteiger partial charge is 0.410 e. The summed E-state index contributed by atoms with van der Waals surface area (Å²) in [5.41, 5.74) is 6.21. The van der Waals surface area contributed by atoms with E-state index >= 15 is 0 Å². The molecule has 1 aliphatic heterocycles. The van der Waals surface area contributed by atoms with E-state index in [9.17, 15) is 9.18 Å². The van der Waals surface area contributed by atoms with Gasteiger partial charge in [-0.1, -0.05) is 0 Å². The summed E-state index contributed by atoms with van der Waals surface area (Å²) in [6, 6.07) is 4.44. The molecule has 144 valence electrons. The number of piperazine rings is 1. The molecule has 1 saturated heterocycles. The van der Waals surface area contributed by atoms with E-state index in [1.165, 1.54) is 19.2 Å². The van der Waals surface area contributed by atoms with Crippen molar-refractivity contribution in [2.45, 2.75) is 32.9 Å². The molecule has 0 radical (unpaired) electrons. The Labute approximate surface area is 153 Å². The Kier molecular flexibility index (Phi) is 6.28. The minimum absolute atomic E-state index is 0.256. The molecule has 0 unspecified atom stereocenters. The number of nitrogens with zero attached hydrogens (tertiary/aromatic N) is 3. The normalized spacial score (nSPS) is 15.8. The van der Waals surface area contributed by atoms with Gasteiger partial charge in [0.1, 0.15) is 17.2 Å². The number of hydrogen-bond donors (Lipinski definition) is 1. The zero-order chi connectivity index (χ0) is 19.3. The fraction of sp³-hybridized carbons (Fsp3) is 0.556. The number of nitrogens with two attached hydrogens (primary N) is 1. The van der Waals surface area contributed by atoms with Gasteiger partial charge in [-0.2, -0.15) is 0 Å². The molecule has 1 aromatic carbocycles. The molecule has 0 bridgehead atoms. The molecule has 0 saturated carbocycles. The van der Waals surface area contributed by atoms with Crippen LogP contribution in [0, 0.1) is 5.82 Å². The number of aliphatic imine (C=N–C) groups is 1. The van der Waals surface area contributed by atoms with E-state index in [0.717, 1.165) is 0 Å². The second-order valence-corrected chi connectivity index (χ2v) is 7.13. The van der Waals surface area contributed by atoms with Crippen LogP contribution in [-0.2, 0) is 11.3 Å². The molecule has 1 aromatic rings. The van der Waals surface area contributed by atoms with Gasteiger partial charge >= 0.3 is 6.09 Å². The van der Waals surface area contributed by atoms with Crippen molar-refractivity contribution in [2.24, 2.45) is 10.7 Å². The first-order chi connectivity index (χ1) is 12.2. The summed E-state index contributed by atoms with van der Waals surface area (Å²) in [6.45, 7) is 7.94. The van der Waals surface area contributed by atoms with E-state index in [1.807, 2.05) is 25.7 Å². The first kappa shape index (κ1) is 19.8. The summed E-state index contributed by atoms with van der Waals surface area (Å²) in [5.74, 6) is 0.441. The van der Waals surface area contributed by atoms with E-state index in [0.29, 0.717) is 43.5 Å². The SMILES string of the molecule is COc1cc(F)cc(CN=C(N)N2CCN(C(=O)OC(C)(C)C)CC2)c1. The number of amides is 1. The Hall–Kier alpha value is -2.51. The summed E-state index contributed by atoms with van der Waals surface area (Å²) in [4.78, 5) is 20.0. The van der Waals surface area contributed by atoms with Gasteiger partial charge in [0.2, 0.25) is 0 Å². The number of hydrogen-bond acceptors (Lipinski definition) is 4. The van der Waals surface area contributed by atoms with Crippen LogP contribution in [0.5, 0.6) is 5.75 Å². The fourth-order valence-corrected chi connectivity index (χ4v) is 2.55. The van der Waals surface area contributed by atoms with Gasteiger partial charge in [-0.25, -0.2) is 14.2 Å². The molecule has 1 heterocycles. The van der Waals surface area contributed by atoms with Crippen molar-refractivity contribution in [2.75, 3.05) is 33.3 Å². The van der Waals surface area contributed by atoms with Crippen LogP contribution in [0.1, 0.15) is 26.3 Å². The molecule has 0 atom stereocenters. The first-order valence-corrected chi connectivity index (χ1v) is 8.54. The summed E-state index contributed by atoms with van der Waals surface area (Å²) in [7, 11) is 1.49. The molecule has 2 N–H and O–H groups in total. The Morgan fingerprint density at radius 1 is 1.19 bits per heavy atom. The summed E-state index contributed by atoms with van der Waals surface area (Å²) >= 11 is 0. The van der Waals surface area contributed by atoms with Crippen LogP contribution in [0.15, 0.2) is 23.2 Å². The van der Waals surface area contributed by atoms with Crippen molar-refractivity contribution >= 4 is 12.1 Å². The zero-order valence-corrected chi connectivity index (χ0v) is 15.8. The van der Waals surface area contributed by atoms with Crippen LogP contribution in [0.25, 0.3) is 0 Å². The van der Waals surface area contributed by atoms with E-state index in [2.05, 4.69) is 4.99 Å². The molecule has 0 aromatic heterocycles. The number of carbonyl (C=O) groups is 1. The van der Waals surface area contributed by atoms with Crippen LogP contribution in [0.3, 0.4) is 0 Å². The molecular weight excluding hydrogens is 339 g/mol. The van der Waals surface area contributed by atoms with Crippen molar-refractivity contribution in [3.8, 4) is 5.75 Å². The lowest BCUT2D eigenvalue weighted by molar-refractivity contribution is 0.0186. The zero-order valence-electron chi connectivity index (χ0n) is 15.8. The molecule has 26 heavy (non-hydrogen) atoms. The van der Waals surface area contributed by atoms with Gasteiger partial charge < -0.3 is 25.0 Å². The van der Waals surface area contributed by atoms with Crippen molar-refractivity contribution in [3.05, 3.63) is 29.6 Å². The molecular formula is C18H27FN4O3. The molecule has 1 amide bonds. The first-order valence-electron chi connectivity index (χ1n) is 8.54. The lowest BCUT2D eigenvalue weighted by Crippen LogP contribution is -2.53. The minimum atomic E-state index is -0.513. The Bertz CT molecular complexity index is 665. The maximum absolute atomic E-state index is 13.5. The topological polar surface area (TPSA) is 80.4 Å². The third-order valence-electron chi connectivity index (χ3n) is 3.85. The van der Waals surface area contributed by atoms with Gasteiger partial charge in [-0.15, -0.1) is 0 Å². The molecule has 2 rings (SSSR count). The number of halogens is 1. The minimum Gasteiger partial charge on any atom is -0.497 e. The Balaban J connectivity index is 1.89. The van der Waals surface area contributed by atoms with Crippen LogP contribution >= 0.6 is 0 Å². The largest absolute Gasteiger partial charge is 0.497 e. The summed E-state index contributed by atoms with van der Waals surface area (Å²) < 4.78 is 23.9. The second-order valence-electron chi connectivity index (χ2n) is 7.13. The highest BCUT2D eigenvalue weighted by Crippen LogP contribution is 2.17. The van der Waals surface area contributed by atoms with Gasteiger partial charge in [-0.05, 0) is 38.5 Å². The van der Waals surface area contributed by atoms with E-state index in [-0.39, 0.29) is 18.5 Å². The van der Waals surface area contributed by atoms with Crippen molar-refractivity contribution in [1.29, 1.82) is 0 Å². The number of benzene rings is 1. The van der Waals surface area contributed by atoms with Crippen molar-refractivity contribution in [3.63, 3.8) is 0 Å². The quantitative estimate of drug-likeness (QED) is 0.655. The van der Waals surface area contributed by atoms with Crippen LogP contribution in [0.4, 0.5) is 9.18 Å². The number of guanidine groups is 1. The van der Waals surface area contributed by atoms with Crippen LogP contribution in [0.2, 0.25) is 0 Å². The van der Waals surface area contributed by atoms with Crippen LogP contribution in [-0.4, -0.2) is 60.7 Å². The molecule has 7 nitrogen and oxygen atoms in total. The van der Waals surface area contributed by atoms with Gasteiger partial charge in [0.25, 0.3) is 0 Å². The number of ether oxygens (including phenoxy) is 2. The van der Waals surface area contributed by atoms with E-state index < -0.39 is 5.60 Å². The van der Waals surface area contributed by atoms with Crippen molar-refractivity contribution in [1.82, 2.24) is 9.80 Å². The third-order valence-corrected chi connectivity index (χ3v) is 3.85. The molecule has 0 aliphatic carbocycles. The monoisotopic (exact) mass is 366 g/mol. The Morgan fingerprint density at radius 3 is 2.38 bits per heavy atom. The van der Waals surface area contributed by atoms with Crippen molar-refractivity contribution < 1.29 is 18.7 Å². The highest BCUT2D eigenvalue weighted by Gasteiger charge is 2.26. The number of rotatable bonds is 3. The average Bonchev–Trinajstić information content (AvgIpc) is 2.57. The highest BCUT2D eigenvalue weighted by molar-refractivity contribution is 5.78. The highest BCUT2D eigenvalue weighted by atomic mass is 19.1. The third kappa shape index (κ3) is 5.79. The second kappa shape index (κ2) is 8.25. The van der Waals surface area contributed by atoms with Crippen LogP contribution < -0.4 is 10.5 Å². The standard InChI is InChI=1S/C18H27FN4O3/c1-18(2,3)26-17(24)23-7-5-22(6-8-23)16(20)21-12-13-9-14(19)11-15(10-13)25-4/h9-11H,5-8,12H2,1-4H3,(H2,20,21). The molecule has 0 spiro atoms. The number of carbonyl (C=O) groups excluding carboxylic acids is 1. The predicted octanol–water partition coefficient (Wildman–Crippen LogP) is 2.20. The van der Waals surface area contributed by atoms with E-state index in [4.69, 9.17) is 15.2 Å². The Morgan fingerprint density at radius 2 is 1.81 bits per heavy atom. The molecule has 8 heteroatoms. The van der Waals surface area contributed by atoms with Gasteiger partial charge in [0, 0.05) is 32.2 Å². The fourth-order valence-electron chi connectivity index (χ4n) is 2.55. The van der Waals surface area contributed by atoms with E-state index in [1.54, 1.807) is 11.0 Å². The van der Waals surface area contributed by atoms with Gasteiger partial charge in [0.15, 0.2) is 5.96 Å². The maximum Gasteiger partial charge on any atom is 0.410 e.